The highest BCUT2D eigenvalue weighted by Crippen LogP contribution is 2.24. The fraction of sp³-hybridized carbons (Fsp3) is 0.368. The van der Waals surface area contributed by atoms with E-state index in [1.165, 1.54) is 0 Å². The average molecular weight is 313 g/mol. The van der Waals surface area contributed by atoms with Crippen LogP contribution in [0.3, 0.4) is 0 Å². The van der Waals surface area contributed by atoms with Crippen molar-refractivity contribution >= 4 is 11.9 Å². The lowest BCUT2D eigenvalue weighted by Crippen LogP contribution is -2.42. The van der Waals surface area contributed by atoms with Gasteiger partial charge in [-0.2, -0.15) is 0 Å². The van der Waals surface area contributed by atoms with Crippen molar-refractivity contribution < 1.29 is 14.3 Å². The zero-order valence-corrected chi connectivity index (χ0v) is 13.9. The van der Waals surface area contributed by atoms with Gasteiger partial charge in [0.05, 0.1) is 12.6 Å². The SMILES string of the molecule is CCOC(=O)/C(C)=C(/C)[C@H]1CC=CC(=O)N1Cc1ccccc1. The van der Waals surface area contributed by atoms with Crippen LogP contribution in [-0.2, 0) is 20.9 Å². The van der Waals surface area contributed by atoms with E-state index in [4.69, 9.17) is 4.74 Å². The van der Waals surface area contributed by atoms with E-state index >= 15 is 0 Å². The summed E-state index contributed by atoms with van der Waals surface area (Å²) in [6, 6.07) is 9.76. The van der Waals surface area contributed by atoms with Crippen molar-refractivity contribution in [3.05, 3.63) is 59.2 Å². The Kier molecular flexibility index (Phi) is 5.74. The van der Waals surface area contributed by atoms with E-state index in [1.807, 2.05) is 48.2 Å². The number of ether oxygens (including phenoxy) is 1. The second kappa shape index (κ2) is 7.77. The highest BCUT2D eigenvalue weighted by molar-refractivity contribution is 5.91. The molecule has 1 aromatic carbocycles. The van der Waals surface area contributed by atoms with Crippen LogP contribution >= 0.6 is 0 Å². The molecule has 0 radical (unpaired) electrons. The van der Waals surface area contributed by atoms with Gasteiger partial charge in [0.15, 0.2) is 0 Å². The molecule has 0 fully saturated rings. The Morgan fingerprint density at radius 3 is 2.61 bits per heavy atom. The Labute approximate surface area is 137 Å². The van der Waals surface area contributed by atoms with Gasteiger partial charge < -0.3 is 9.64 Å². The first-order valence-electron chi connectivity index (χ1n) is 7.90. The summed E-state index contributed by atoms with van der Waals surface area (Å²) in [5, 5.41) is 0. The molecule has 0 saturated heterocycles. The molecular weight excluding hydrogens is 290 g/mol. The highest BCUT2D eigenvalue weighted by atomic mass is 16.5. The van der Waals surface area contributed by atoms with Crippen LogP contribution in [-0.4, -0.2) is 29.4 Å². The lowest BCUT2D eigenvalue weighted by Gasteiger charge is -2.34. The van der Waals surface area contributed by atoms with Crippen LogP contribution in [0.25, 0.3) is 0 Å². The van der Waals surface area contributed by atoms with Gasteiger partial charge in [0.25, 0.3) is 0 Å². The Morgan fingerprint density at radius 1 is 1.26 bits per heavy atom. The second-order valence-corrected chi connectivity index (χ2v) is 5.63. The molecule has 0 N–H and O–H groups in total. The number of nitrogens with zero attached hydrogens (tertiary/aromatic N) is 1. The second-order valence-electron chi connectivity index (χ2n) is 5.63. The zero-order chi connectivity index (χ0) is 16.8. The number of benzene rings is 1. The minimum Gasteiger partial charge on any atom is -0.463 e. The van der Waals surface area contributed by atoms with E-state index in [1.54, 1.807) is 19.9 Å². The van der Waals surface area contributed by atoms with Crippen molar-refractivity contribution in [1.82, 2.24) is 4.90 Å². The van der Waals surface area contributed by atoms with Gasteiger partial charge in [0, 0.05) is 12.1 Å². The number of hydrogen-bond donors (Lipinski definition) is 0. The summed E-state index contributed by atoms with van der Waals surface area (Å²) in [5.74, 6) is -0.340. The van der Waals surface area contributed by atoms with E-state index in [2.05, 4.69) is 0 Å². The third-order valence-corrected chi connectivity index (χ3v) is 4.15. The monoisotopic (exact) mass is 313 g/mol. The normalized spacial score (nSPS) is 18.7. The van der Waals surface area contributed by atoms with Crippen LogP contribution in [0, 0.1) is 0 Å². The smallest absolute Gasteiger partial charge is 0.333 e. The van der Waals surface area contributed by atoms with Gasteiger partial charge in [-0.15, -0.1) is 0 Å². The molecular formula is C19H23NO3. The summed E-state index contributed by atoms with van der Waals surface area (Å²) in [6.45, 7) is 6.33. The predicted molar refractivity (Wildman–Crippen MR) is 89.5 cm³/mol. The van der Waals surface area contributed by atoms with E-state index in [-0.39, 0.29) is 17.9 Å². The quantitative estimate of drug-likeness (QED) is 0.619. The Bertz CT molecular complexity index is 631. The molecule has 4 heteroatoms. The standard InChI is InChI=1S/C19H23NO3/c1-4-23-19(22)15(3)14(2)17-11-8-12-18(21)20(17)13-16-9-6-5-7-10-16/h5-10,12,17H,4,11,13H2,1-3H3/b15-14-/t17-/m1/s1. The van der Waals surface area contributed by atoms with E-state index in [0.29, 0.717) is 25.1 Å². The largest absolute Gasteiger partial charge is 0.463 e. The van der Waals surface area contributed by atoms with E-state index < -0.39 is 0 Å². The van der Waals surface area contributed by atoms with Crippen LogP contribution < -0.4 is 0 Å². The first-order valence-corrected chi connectivity index (χ1v) is 7.90. The number of carbonyl (C=O) groups is 2. The summed E-state index contributed by atoms with van der Waals surface area (Å²) in [5.41, 5.74) is 2.54. The molecule has 0 spiro atoms. The minimum absolute atomic E-state index is 0.0267. The Hall–Kier alpha value is -2.36. The maximum Gasteiger partial charge on any atom is 0.333 e. The minimum atomic E-state index is -0.313. The summed E-state index contributed by atoms with van der Waals surface area (Å²) in [6.07, 6.45) is 4.18. The lowest BCUT2D eigenvalue weighted by molar-refractivity contribution is -0.138. The number of esters is 1. The van der Waals surface area contributed by atoms with Crippen molar-refractivity contribution in [1.29, 1.82) is 0 Å². The van der Waals surface area contributed by atoms with Crippen LogP contribution in [0.15, 0.2) is 53.6 Å². The maximum atomic E-state index is 12.3. The van der Waals surface area contributed by atoms with Crippen molar-refractivity contribution in [2.24, 2.45) is 0 Å². The highest BCUT2D eigenvalue weighted by Gasteiger charge is 2.28. The van der Waals surface area contributed by atoms with Gasteiger partial charge in [-0.1, -0.05) is 36.4 Å². The van der Waals surface area contributed by atoms with Crippen LogP contribution in [0.2, 0.25) is 0 Å². The van der Waals surface area contributed by atoms with Crippen molar-refractivity contribution in [2.45, 2.75) is 39.8 Å². The summed E-state index contributed by atoms with van der Waals surface area (Å²) < 4.78 is 5.08. The van der Waals surface area contributed by atoms with Gasteiger partial charge in [-0.25, -0.2) is 4.79 Å². The van der Waals surface area contributed by atoms with E-state index in [9.17, 15) is 9.59 Å². The molecule has 1 aromatic rings. The number of amides is 1. The molecule has 2 rings (SSSR count). The van der Waals surface area contributed by atoms with Crippen molar-refractivity contribution in [3.63, 3.8) is 0 Å². The molecule has 122 valence electrons. The van der Waals surface area contributed by atoms with Crippen molar-refractivity contribution in [3.8, 4) is 0 Å². The molecule has 4 nitrogen and oxygen atoms in total. The van der Waals surface area contributed by atoms with E-state index in [0.717, 1.165) is 11.1 Å². The molecule has 1 atom stereocenters. The Morgan fingerprint density at radius 2 is 1.96 bits per heavy atom. The van der Waals surface area contributed by atoms with Crippen molar-refractivity contribution in [2.75, 3.05) is 6.61 Å². The van der Waals surface area contributed by atoms with Gasteiger partial charge in [0.2, 0.25) is 5.91 Å². The number of carbonyl (C=O) groups excluding carboxylic acids is 2. The molecule has 0 aliphatic carbocycles. The summed E-state index contributed by atoms with van der Waals surface area (Å²) in [4.78, 5) is 26.1. The molecule has 0 saturated carbocycles. The molecule has 23 heavy (non-hydrogen) atoms. The van der Waals surface area contributed by atoms with Crippen LogP contribution in [0.1, 0.15) is 32.8 Å². The summed E-state index contributed by atoms with van der Waals surface area (Å²) >= 11 is 0. The molecule has 1 heterocycles. The fourth-order valence-corrected chi connectivity index (χ4v) is 2.70. The number of rotatable bonds is 5. The number of hydrogen-bond acceptors (Lipinski definition) is 3. The molecule has 1 amide bonds. The molecule has 0 unspecified atom stereocenters. The molecule has 0 aromatic heterocycles. The third-order valence-electron chi connectivity index (χ3n) is 4.15. The van der Waals surface area contributed by atoms with Crippen LogP contribution in [0.5, 0.6) is 0 Å². The topological polar surface area (TPSA) is 46.6 Å². The molecule has 0 bridgehead atoms. The van der Waals surface area contributed by atoms with Gasteiger partial charge in [-0.05, 0) is 44.4 Å². The first kappa shape index (κ1) is 17.0. The average Bonchev–Trinajstić information content (AvgIpc) is 2.56. The molecule has 1 aliphatic heterocycles. The molecule has 1 aliphatic rings. The summed E-state index contributed by atoms with van der Waals surface area (Å²) in [7, 11) is 0. The Balaban J connectivity index is 2.27. The maximum absolute atomic E-state index is 12.3. The third kappa shape index (κ3) is 4.09. The van der Waals surface area contributed by atoms with Crippen LogP contribution in [0.4, 0.5) is 0 Å². The van der Waals surface area contributed by atoms with Gasteiger partial charge in [-0.3, -0.25) is 4.79 Å². The first-order chi connectivity index (χ1) is 11.0. The predicted octanol–water partition coefficient (Wildman–Crippen LogP) is 3.24. The van der Waals surface area contributed by atoms with Gasteiger partial charge >= 0.3 is 5.97 Å². The van der Waals surface area contributed by atoms with Gasteiger partial charge in [0.1, 0.15) is 0 Å². The zero-order valence-electron chi connectivity index (χ0n) is 13.9. The lowest BCUT2D eigenvalue weighted by atomic mass is 9.95. The fourth-order valence-electron chi connectivity index (χ4n) is 2.70.